The Morgan fingerprint density at radius 1 is 1.13 bits per heavy atom. The lowest BCUT2D eigenvalue weighted by Crippen LogP contribution is -2.13. The molecule has 0 aromatic carbocycles. The van der Waals surface area contributed by atoms with Gasteiger partial charge in [-0.05, 0) is 31.5 Å². The Bertz CT molecular complexity index is 503. The van der Waals surface area contributed by atoms with Gasteiger partial charge in [-0.3, -0.25) is 0 Å². The third kappa shape index (κ3) is 1.74. The van der Waals surface area contributed by atoms with Crippen molar-refractivity contribution in [3.05, 3.63) is 29.2 Å². The first-order chi connectivity index (χ1) is 6.88. The van der Waals surface area contributed by atoms with Gasteiger partial charge in [0, 0.05) is 11.1 Å². The number of fused-ring (bicyclic) bond motifs is 1. The standard InChI is InChI=1S/C12H17N3/c1-8-6-9(2)15-10(7-8)13-11(14-15)12(3,4)5/h6-7H,1-5H3. The zero-order chi connectivity index (χ0) is 11.2. The van der Waals surface area contributed by atoms with E-state index in [1.807, 2.05) is 4.52 Å². The van der Waals surface area contributed by atoms with Crippen LogP contribution in [0.3, 0.4) is 0 Å². The molecule has 0 fully saturated rings. The summed E-state index contributed by atoms with van der Waals surface area (Å²) in [6, 6.07) is 4.18. The highest BCUT2D eigenvalue weighted by Crippen LogP contribution is 2.20. The second-order valence-electron chi connectivity index (χ2n) is 5.13. The van der Waals surface area contributed by atoms with Crippen LogP contribution in [0.2, 0.25) is 0 Å². The maximum Gasteiger partial charge on any atom is 0.157 e. The molecule has 2 aromatic rings. The molecule has 0 saturated carbocycles. The lowest BCUT2D eigenvalue weighted by Gasteiger charge is -2.11. The molecular formula is C12H17N3. The van der Waals surface area contributed by atoms with Gasteiger partial charge in [-0.2, -0.15) is 5.10 Å². The van der Waals surface area contributed by atoms with Crippen LogP contribution >= 0.6 is 0 Å². The first-order valence-corrected chi connectivity index (χ1v) is 5.22. The number of pyridine rings is 1. The molecular weight excluding hydrogens is 186 g/mol. The Morgan fingerprint density at radius 3 is 2.40 bits per heavy atom. The Hall–Kier alpha value is -1.38. The summed E-state index contributed by atoms with van der Waals surface area (Å²) < 4.78 is 1.91. The molecule has 80 valence electrons. The molecule has 0 spiro atoms. The maximum absolute atomic E-state index is 4.56. The average molecular weight is 203 g/mol. The van der Waals surface area contributed by atoms with Gasteiger partial charge >= 0.3 is 0 Å². The van der Waals surface area contributed by atoms with Gasteiger partial charge in [0.25, 0.3) is 0 Å². The smallest absolute Gasteiger partial charge is 0.157 e. The van der Waals surface area contributed by atoms with Crippen LogP contribution < -0.4 is 0 Å². The predicted octanol–water partition coefficient (Wildman–Crippen LogP) is 2.64. The van der Waals surface area contributed by atoms with E-state index in [0.717, 1.165) is 17.2 Å². The molecule has 2 rings (SSSR count). The van der Waals surface area contributed by atoms with E-state index >= 15 is 0 Å². The van der Waals surface area contributed by atoms with Gasteiger partial charge in [0.15, 0.2) is 11.5 Å². The van der Waals surface area contributed by atoms with Crippen LogP contribution in [0, 0.1) is 13.8 Å². The van der Waals surface area contributed by atoms with Crippen molar-refractivity contribution in [2.24, 2.45) is 0 Å². The molecule has 2 aromatic heterocycles. The minimum atomic E-state index is 0.00631. The number of nitrogens with zero attached hydrogens (tertiary/aromatic N) is 3. The van der Waals surface area contributed by atoms with Crippen LogP contribution in [0.1, 0.15) is 37.9 Å². The van der Waals surface area contributed by atoms with Crippen molar-refractivity contribution in [1.82, 2.24) is 14.6 Å². The van der Waals surface area contributed by atoms with E-state index in [-0.39, 0.29) is 5.41 Å². The second kappa shape index (κ2) is 3.05. The highest BCUT2D eigenvalue weighted by Gasteiger charge is 2.19. The Balaban J connectivity index is 2.71. The molecule has 0 amide bonds. The number of hydrogen-bond acceptors (Lipinski definition) is 2. The van der Waals surface area contributed by atoms with E-state index in [1.165, 1.54) is 5.56 Å². The molecule has 0 bridgehead atoms. The molecule has 15 heavy (non-hydrogen) atoms. The molecule has 0 aliphatic carbocycles. The van der Waals surface area contributed by atoms with E-state index in [4.69, 9.17) is 0 Å². The number of hydrogen-bond donors (Lipinski definition) is 0. The molecule has 0 N–H and O–H groups in total. The van der Waals surface area contributed by atoms with E-state index in [9.17, 15) is 0 Å². The topological polar surface area (TPSA) is 30.2 Å². The zero-order valence-corrected chi connectivity index (χ0v) is 10.00. The molecule has 0 atom stereocenters. The number of rotatable bonds is 0. The summed E-state index contributed by atoms with van der Waals surface area (Å²) >= 11 is 0. The Labute approximate surface area is 90.1 Å². The normalized spacial score (nSPS) is 12.3. The van der Waals surface area contributed by atoms with E-state index in [1.54, 1.807) is 0 Å². The fourth-order valence-corrected chi connectivity index (χ4v) is 1.63. The average Bonchev–Trinajstić information content (AvgIpc) is 2.46. The highest BCUT2D eigenvalue weighted by molar-refractivity contribution is 5.42. The zero-order valence-electron chi connectivity index (χ0n) is 10.00. The van der Waals surface area contributed by atoms with E-state index < -0.39 is 0 Å². The van der Waals surface area contributed by atoms with Crippen molar-refractivity contribution >= 4 is 5.65 Å². The van der Waals surface area contributed by atoms with E-state index in [2.05, 4.69) is 56.8 Å². The fourth-order valence-electron chi connectivity index (χ4n) is 1.63. The Kier molecular flexibility index (Phi) is 2.07. The molecule has 0 radical (unpaired) electrons. The van der Waals surface area contributed by atoms with Crippen molar-refractivity contribution in [3.63, 3.8) is 0 Å². The first kappa shape index (κ1) is 10.1. The van der Waals surface area contributed by atoms with Gasteiger partial charge in [0.2, 0.25) is 0 Å². The quantitative estimate of drug-likeness (QED) is 0.659. The summed E-state index contributed by atoms with van der Waals surface area (Å²) in [5.41, 5.74) is 3.31. The fraction of sp³-hybridized carbons (Fsp3) is 0.500. The molecule has 3 nitrogen and oxygen atoms in total. The molecule has 0 aliphatic rings. The number of aryl methyl sites for hydroxylation is 2. The highest BCUT2D eigenvalue weighted by atomic mass is 15.3. The van der Waals surface area contributed by atoms with Crippen LogP contribution in [0.4, 0.5) is 0 Å². The van der Waals surface area contributed by atoms with Crippen LogP contribution in [0.5, 0.6) is 0 Å². The molecule has 0 aliphatic heterocycles. The summed E-state index contributed by atoms with van der Waals surface area (Å²) in [5.74, 6) is 0.899. The summed E-state index contributed by atoms with van der Waals surface area (Å²) in [7, 11) is 0. The van der Waals surface area contributed by atoms with Gasteiger partial charge < -0.3 is 0 Å². The Morgan fingerprint density at radius 2 is 1.80 bits per heavy atom. The van der Waals surface area contributed by atoms with Crippen molar-refractivity contribution in [3.8, 4) is 0 Å². The monoisotopic (exact) mass is 203 g/mol. The third-order valence-corrected chi connectivity index (χ3v) is 2.43. The lowest BCUT2D eigenvalue weighted by molar-refractivity contribution is 0.544. The lowest BCUT2D eigenvalue weighted by atomic mass is 9.96. The van der Waals surface area contributed by atoms with E-state index in [0.29, 0.717) is 0 Å². The summed E-state index contributed by atoms with van der Waals surface area (Å²) in [6.45, 7) is 10.5. The summed E-state index contributed by atoms with van der Waals surface area (Å²) in [4.78, 5) is 4.56. The number of aromatic nitrogens is 3. The first-order valence-electron chi connectivity index (χ1n) is 5.22. The predicted molar refractivity (Wildman–Crippen MR) is 61.2 cm³/mol. The molecule has 0 unspecified atom stereocenters. The SMILES string of the molecule is Cc1cc(C)n2nc(C(C)(C)C)nc2c1. The molecule has 3 heteroatoms. The van der Waals surface area contributed by atoms with Crippen LogP contribution in [-0.4, -0.2) is 14.6 Å². The second-order valence-corrected chi connectivity index (χ2v) is 5.13. The van der Waals surface area contributed by atoms with Crippen LogP contribution in [-0.2, 0) is 5.41 Å². The van der Waals surface area contributed by atoms with Gasteiger partial charge in [0.05, 0.1) is 0 Å². The van der Waals surface area contributed by atoms with Gasteiger partial charge in [-0.1, -0.05) is 20.8 Å². The summed E-state index contributed by atoms with van der Waals surface area (Å²) in [5, 5.41) is 4.53. The van der Waals surface area contributed by atoms with Gasteiger partial charge in [0.1, 0.15) is 0 Å². The summed E-state index contributed by atoms with van der Waals surface area (Å²) in [6.07, 6.45) is 0. The van der Waals surface area contributed by atoms with Crippen LogP contribution in [0.25, 0.3) is 5.65 Å². The molecule has 0 saturated heterocycles. The molecule has 2 heterocycles. The minimum absolute atomic E-state index is 0.00631. The third-order valence-electron chi connectivity index (χ3n) is 2.43. The van der Waals surface area contributed by atoms with Crippen molar-refractivity contribution in [2.75, 3.05) is 0 Å². The van der Waals surface area contributed by atoms with Crippen molar-refractivity contribution in [1.29, 1.82) is 0 Å². The van der Waals surface area contributed by atoms with Crippen molar-refractivity contribution in [2.45, 2.75) is 40.0 Å². The van der Waals surface area contributed by atoms with Gasteiger partial charge in [-0.25, -0.2) is 9.50 Å². The minimum Gasteiger partial charge on any atom is -0.218 e. The maximum atomic E-state index is 4.56. The largest absolute Gasteiger partial charge is 0.218 e. The van der Waals surface area contributed by atoms with Crippen molar-refractivity contribution < 1.29 is 0 Å². The van der Waals surface area contributed by atoms with Crippen LogP contribution in [0.15, 0.2) is 12.1 Å². The van der Waals surface area contributed by atoms with Gasteiger partial charge in [-0.15, -0.1) is 0 Å².